The van der Waals surface area contributed by atoms with Crippen LogP contribution in [0.1, 0.15) is 18.5 Å². The molecule has 1 aromatic rings. The highest BCUT2D eigenvalue weighted by Crippen LogP contribution is 2.18. The van der Waals surface area contributed by atoms with Gasteiger partial charge in [0, 0.05) is 26.8 Å². The Balaban J connectivity index is 1.95. The maximum Gasteiger partial charge on any atom is 0.146 e. The normalized spacial score (nSPS) is 16.5. The number of hydrogen-bond acceptors (Lipinski definition) is 5. The molecule has 1 fully saturated rings. The number of nitrogens with zero attached hydrogens (tertiary/aromatic N) is 3. The van der Waals surface area contributed by atoms with E-state index in [2.05, 4.69) is 14.9 Å². The predicted octanol–water partition coefficient (Wildman–Crippen LogP) is 0.974. The topological polar surface area (TPSA) is 64.3 Å². The molecule has 98 valence electrons. The van der Waals surface area contributed by atoms with Gasteiger partial charge in [-0.3, -0.25) is 0 Å². The lowest BCUT2D eigenvalue weighted by molar-refractivity contribution is 0.0685. The van der Waals surface area contributed by atoms with Gasteiger partial charge in [0.1, 0.15) is 16.5 Å². The molecule has 0 aromatic carbocycles. The summed E-state index contributed by atoms with van der Waals surface area (Å²) in [5.41, 5.74) is 6.05. The van der Waals surface area contributed by atoms with Crippen LogP contribution in [-0.4, -0.2) is 41.8 Å². The highest BCUT2D eigenvalue weighted by Gasteiger charge is 2.16. The Hall–Kier alpha value is -1.27. The Morgan fingerprint density at radius 2 is 2.17 bits per heavy atom. The van der Waals surface area contributed by atoms with E-state index in [1.165, 1.54) is 0 Å². The summed E-state index contributed by atoms with van der Waals surface area (Å²) >= 11 is 4.85. The third kappa shape index (κ3) is 3.36. The third-order valence-electron chi connectivity index (χ3n) is 3.15. The van der Waals surface area contributed by atoms with Crippen molar-refractivity contribution in [2.45, 2.75) is 12.8 Å². The van der Waals surface area contributed by atoms with Crippen molar-refractivity contribution in [3.63, 3.8) is 0 Å². The van der Waals surface area contributed by atoms with Gasteiger partial charge >= 0.3 is 0 Å². The predicted molar refractivity (Wildman–Crippen MR) is 74.7 cm³/mol. The molecule has 5 nitrogen and oxygen atoms in total. The zero-order chi connectivity index (χ0) is 13.0. The first-order chi connectivity index (χ1) is 8.66. The molecule has 1 aromatic heterocycles. The second kappa shape index (κ2) is 6.06. The Labute approximate surface area is 112 Å². The minimum Gasteiger partial charge on any atom is -0.388 e. The highest BCUT2D eigenvalue weighted by molar-refractivity contribution is 7.80. The number of hydrogen-bond donors (Lipinski definition) is 1. The number of ether oxygens (including phenoxy) is 1. The van der Waals surface area contributed by atoms with Crippen LogP contribution in [0.25, 0.3) is 0 Å². The standard InChI is InChI=1S/C12H18N4OS/c1-16(8-9-2-4-17-5-3-9)11-7-14-10(6-15-11)12(13)18/h6-7,9H,2-5,8H2,1H3,(H2,13,18). The number of thiocarbonyl (C=S) groups is 1. The molecule has 2 heterocycles. The SMILES string of the molecule is CN(CC1CCOCC1)c1cnc(C(N)=S)cn1. The molecular weight excluding hydrogens is 248 g/mol. The molecule has 0 aliphatic carbocycles. The first-order valence-corrected chi connectivity index (χ1v) is 6.48. The lowest BCUT2D eigenvalue weighted by Gasteiger charge is -2.27. The van der Waals surface area contributed by atoms with Crippen molar-refractivity contribution in [1.29, 1.82) is 0 Å². The van der Waals surface area contributed by atoms with E-state index in [4.69, 9.17) is 22.7 Å². The van der Waals surface area contributed by atoms with Gasteiger partial charge in [0.25, 0.3) is 0 Å². The van der Waals surface area contributed by atoms with Gasteiger partial charge in [0.2, 0.25) is 0 Å². The summed E-state index contributed by atoms with van der Waals surface area (Å²) in [5.74, 6) is 1.52. The molecule has 0 bridgehead atoms. The van der Waals surface area contributed by atoms with Crippen molar-refractivity contribution in [2.75, 3.05) is 31.7 Å². The second-order valence-electron chi connectivity index (χ2n) is 4.56. The van der Waals surface area contributed by atoms with E-state index in [0.29, 0.717) is 11.6 Å². The van der Waals surface area contributed by atoms with Crippen molar-refractivity contribution >= 4 is 23.0 Å². The van der Waals surface area contributed by atoms with Crippen LogP contribution in [0, 0.1) is 5.92 Å². The molecule has 1 aliphatic heterocycles. The molecule has 6 heteroatoms. The van der Waals surface area contributed by atoms with Crippen LogP contribution in [0.2, 0.25) is 0 Å². The fourth-order valence-electron chi connectivity index (χ4n) is 2.06. The molecule has 2 N–H and O–H groups in total. The van der Waals surface area contributed by atoms with E-state index < -0.39 is 0 Å². The van der Waals surface area contributed by atoms with Crippen molar-refractivity contribution < 1.29 is 4.74 Å². The summed E-state index contributed by atoms with van der Waals surface area (Å²) in [7, 11) is 2.03. The third-order valence-corrected chi connectivity index (χ3v) is 3.36. The van der Waals surface area contributed by atoms with Crippen LogP contribution < -0.4 is 10.6 Å². The first kappa shape index (κ1) is 13.2. The highest BCUT2D eigenvalue weighted by atomic mass is 32.1. The molecule has 1 saturated heterocycles. The van der Waals surface area contributed by atoms with Crippen molar-refractivity contribution in [1.82, 2.24) is 9.97 Å². The summed E-state index contributed by atoms with van der Waals surface area (Å²) in [5, 5.41) is 0. The van der Waals surface area contributed by atoms with E-state index in [9.17, 15) is 0 Å². The maximum atomic E-state index is 5.49. The molecule has 0 saturated carbocycles. The smallest absolute Gasteiger partial charge is 0.146 e. The number of nitrogens with two attached hydrogens (primary N) is 1. The molecule has 18 heavy (non-hydrogen) atoms. The summed E-state index contributed by atoms with van der Waals surface area (Å²) in [6.45, 7) is 2.71. The molecule has 2 rings (SSSR count). The maximum absolute atomic E-state index is 5.49. The minimum atomic E-state index is 0.279. The van der Waals surface area contributed by atoms with Crippen molar-refractivity contribution in [3.05, 3.63) is 18.1 Å². The Kier molecular flexibility index (Phi) is 4.43. The van der Waals surface area contributed by atoms with Gasteiger partial charge in [-0.1, -0.05) is 12.2 Å². The van der Waals surface area contributed by atoms with Gasteiger partial charge in [-0.2, -0.15) is 0 Å². The zero-order valence-electron chi connectivity index (χ0n) is 10.5. The van der Waals surface area contributed by atoms with E-state index >= 15 is 0 Å². The molecule has 0 atom stereocenters. The zero-order valence-corrected chi connectivity index (χ0v) is 11.3. The average molecular weight is 266 g/mol. The number of anilines is 1. The Bertz CT molecular complexity index is 403. The first-order valence-electron chi connectivity index (χ1n) is 6.07. The van der Waals surface area contributed by atoms with Crippen LogP contribution in [0.4, 0.5) is 5.82 Å². The van der Waals surface area contributed by atoms with Crippen LogP contribution in [0.15, 0.2) is 12.4 Å². The van der Waals surface area contributed by atoms with Crippen molar-refractivity contribution in [2.24, 2.45) is 11.7 Å². The van der Waals surface area contributed by atoms with Gasteiger partial charge < -0.3 is 15.4 Å². The lowest BCUT2D eigenvalue weighted by Crippen LogP contribution is -2.30. The molecule has 0 amide bonds. The summed E-state index contributed by atoms with van der Waals surface area (Å²) in [4.78, 5) is 10.9. The number of aromatic nitrogens is 2. The molecular formula is C12H18N4OS. The minimum absolute atomic E-state index is 0.279. The summed E-state index contributed by atoms with van der Waals surface area (Å²) < 4.78 is 5.35. The van der Waals surface area contributed by atoms with Crippen LogP contribution in [-0.2, 0) is 4.74 Å². The fraction of sp³-hybridized carbons (Fsp3) is 0.583. The van der Waals surface area contributed by atoms with Gasteiger partial charge in [-0.25, -0.2) is 9.97 Å². The van der Waals surface area contributed by atoms with Gasteiger partial charge in [-0.15, -0.1) is 0 Å². The second-order valence-corrected chi connectivity index (χ2v) is 5.00. The monoisotopic (exact) mass is 266 g/mol. The van der Waals surface area contributed by atoms with E-state index in [1.807, 2.05) is 7.05 Å². The van der Waals surface area contributed by atoms with Crippen LogP contribution >= 0.6 is 12.2 Å². The Morgan fingerprint density at radius 3 is 2.72 bits per heavy atom. The largest absolute Gasteiger partial charge is 0.388 e. The van der Waals surface area contributed by atoms with E-state index in [0.717, 1.165) is 38.4 Å². The lowest BCUT2D eigenvalue weighted by atomic mass is 10.00. The molecule has 0 radical (unpaired) electrons. The average Bonchev–Trinajstić information content (AvgIpc) is 2.40. The summed E-state index contributed by atoms with van der Waals surface area (Å²) in [6.07, 6.45) is 5.57. The molecule has 0 spiro atoms. The van der Waals surface area contributed by atoms with Crippen LogP contribution in [0.3, 0.4) is 0 Å². The number of rotatable bonds is 4. The van der Waals surface area contributed by atoms with Crippen LogP contribution in [0.5, 0.6) is 0 Å². The Morgan fingerprint density at radius 1 is 1.44 bits per heavy atom. The van der Waals surface area contributed by atoms with Gasteiger partial charge in [-0.05, 0) is 18.8 Å². The molecule has 1 aliphatic rings. The summed E-state index contributed by atoms with van der Waals surface area (Å²) in [6, 6.07) is 0. The van der Waals surface area contributed by atoms with Crippen molar-refractivity contribution in [3.8, 4) is 0 Å². The van der Waals surface area contributed by atoms with Gasteiger partial charge in [0.05, 0.1) is 12.4 Å². The quantitative estimate of drug-likeness (QED) is 0.819. The van der Waals surface area contributed by atoms with E-state index in [1.54, 1.807) is 12.4 Å². The van der Waals surface area contributed by atoms with Gasteiger partial charge in [0.15, 0.2) is 0 Å². The fourth-order valence-corrected chi connectivity index (χ4v) is 2.16. The van der Waals surface area contributed by atoms with E-state index in [-0.39, 0.29) is 4.99 Å². The molecule has 0 unspecified atom stereocenters.